The first kappa shape index (κ1) is 24.3. The van der Waals surface area contributed by atoms with Crippen LogP contribution in [0.15, 0.2) is 29.3 Å². The van der Waals surface area contributed by atoms with Crippen molar-refractivity contribution >= 4 is 41.5 Å². The van der Waals surface area contributed by atoms with Gasteiger partial charge in [0.25, 0.3) is 0 Å². The SMILES string of the molecule is CCNC(=NCCCOCC1CCCO1)NCCOc1ccccc1Cl.I. The van der Waals surface area contributed by atoms with E-state index >= 15 is 0 Å². The van der Waals surface area contributed by atoms with Crippen LogP contribution in [-0.4, -0.2) is 58.1 Å². The van der Waals surface area contributed by atoms with Gasteiger partial charge < -0.3 is 24.8 Å². The summed E-state index contributed by atoms with van der Waals surface area (Å²) in [7, 11) is 0. The zero-order valence-electron chi connectivity index (χ0n) is 15.9. The van der Waals surface area contributed by atoms with Crippen LogP contribution in [0.4, 0.5) is 0 Å². The summed E-state index contributed by atoms with van der Waals surface area (Å²) in [5, 5.41) is 7.10. The van der Waals surface area contributed by atoms with E-state index in [-0.39, 0.29) is 30.1 Å². The van der Waals surface area contributed by atoms with E-state index in [0.717, 1.165) is 38.4 Å². The van der Waals surface area contributed by atoms with E-state index in [2.05, 4.69) is 15.6 Å². The molecule has 2 N–H and O–H groups in total. The number of benzene rings is 1. The van der Waals surface area contributed by atoms with E-state index in [0.29, 0.717) is 43.7 Å². The predicted octanol–water partition coefficient (Wildman–Crippen LogP) is 3.48. The Morgan fingerprint density at radius 2 is 2.15 bits per heavy atom. The molecule has 1 atom stereocenters. The molecule has 1 aliphatic rings. The van der Waals surface area contributed by atoms with Crippen molar-refractivity contribution in [2.24, 2.45) is 4.99 Å². The third-order valence-electron chi connectivity index (χ3n) is 3.88. The summed E-state index contributed by atoms with van der Waals surface area (Å²) >= 11 is 6.07. The average molecular weight is 512 g/mol. The van der Waals surface area contributed by atoms with Crippen molar-refractivity contribution < 1.29 is 14.2 Å². The summed E-state index contributed by atoms with van der Waals surface area (Å²) in [6.07, 6.45) is 3.44. The smallest absolute Gasteiger partial charge is 0.191 e. The van der Waals surface area contributed by atoms with Gasteiger partial charge in [0, 0.05) is 26.3 Å². The molecule has 1 fully saturated rings. The molecule has 154 valence electrons. The van der Waals surface area contributed by atoms with Gasteiger partial charge in [-0.15, -0.1) is 24.0 Å². The standard InChI is InChI=1S/C19H30ClN3O3.HI/c1-2-21-19(22-10-6-12-24-15-16-7-5-13-25-16)23-11-14-26-18-9-4-3-8-17(18)20;/h3-4,8-9,16H,2,5-7,10-15H2,1H3,(H2,21,22,23);1H. The fraction of sp³-hybridized carbons (Fsp3) is 0.632. The molecule has 8 heteroatoms. The van der Waals surface area contributed by atoms with E-state index in [4.69, 9.17) is 25.8 Å². The second-order valence-corrected chi connectivity index (χ2v) is 6.44. The number of hydrogen-bond acceptors (Lipinski definition) is 4. The maximum absolute atomic E-state index is 6.07. The topological polar surface area (TPSA) is 64.1 Å². The minimum atomic E-state index is 0. The Labute approximate surface area is 184 Å². The van der Waals surface area contributed by atoms with E-state index in [1.165, 1.54) is 0 Å². The van der Waals surface area contributed by atoms with Crippen LogP contribution in [-0.2, 0) is 9.47 Å². The molecule has 6 nitrogen and oxygen atoms in total. The van der Waals surface area contributed by atoms with Crippen LogP contribution >= 0.6 is 35.6 Å². The van der Waals surface area contributed by atoms with Gasteiger partial charge in [0.2, 0.25) is 0 Å². The lowest BCUT2D eigenvalue weighted by Gasteiger charge is -2.13. The summed E-state index contributed by atoms with van der Waals surface area (Å²) in [5.74, 6) is 1.48. The highest BCUT2D eigenvalue weighted by Crippen LogP contribution is 2.22. The van der Waals surface area contributed by atoms with Crippen molar-refractivity contribution in [3.8, 4) is 5.75 Å². The fourth-order valence-corrected chi connectivity index (χ4v) is 2.77. The number of halogens is 2. The van der Waals surface area contributed by atoms with Crippen molar-refractivity contribution in [2.75, 3.05) is 46.1 Å². The highest BCUT2D eigenvalue weighted by atomic mass is 127. The van der Waals surface area contributed by atoms with Crippen molar-refractivity contribution in [3.05, 3.63) is 29.3 Å². The van der Waals surface area contributed by atoms with Gasteiger partial charge in [-0.3, -0.25) is 4.99 Å². The van der Waals surface area contributed by atoms with Gasteiger partial charge in [-0.2, -0.15) is 0 Å². The van der Waals surface area contributed by atoms with Gasteiger partial charge in [-0.1, -0.05) is 23.7 Å². The number of ether oxygens (including phenoxy) is 3. The lowest BCUT2D eigenvalue weighted by molar-refractivity contribution is 0.0171. The maximum atomic E-state index is 6.07. The van der Waals surface area contributed by atoms with Crippen LogP contribution in [0.2, 0.25) is 5.02 Å². The Morgan fingerprint density at radius 3 is 2.89 bits per heavy atom. The monoisotopic (exact) mass is 511 g/mol. The molecule has 1 saturated heterocycles. The second kappa shape index (κ2) is 15.2. The van der Waals surface area contributed by atoms with Crippen LogP contribution in [0.5, 0.6) is 5.75 Å². The number of aliphatic imine (C=N–C) groups is 1. The summed E-state index contributed by atoms with van der Waals surface area (Å²) in [5.41, 5.74) is 0. The van der Waals surface area contributed by atoms with E-state index in [9.17, 15) is 0 Å². The molecule has 2 rings (SSSR count). The molecule has 0 radical (unpaired) electrons. The summed E-state index contributed by atoms with van der Waals surface area (Å²) in [6, 6.07) is 7.46. The molecule has 1 aromatic carbocycles. The van der Waals surface area contributed by atoms with Crippen LogP contribution in [0, 0.1) is 0 Å². The number of nitrogens with zero attached hydrogens (tertiary/aromatic N) is 1. The largest absolute Gasteiger partial charge is 0.490 e. The summed E-state index contributed by atoms with van der Waals surface area (Å²) in [4.78, 5) is 4.55. The van der Waals surface area contributed by atoms with Gasteiger partial charge in [0.1, 0.15) is 12.4 Å². The first-order chi connectivity index (χ1) is 12.8. The van der Waals surface area contributed by atoms with Gasteiger partial charge in [0.15, 0.2) is 5.96 Å². The van der Waals surface area contributed by atoms with Gasteiger partial charge in [-0.25, -0.2) is 0 Å². The number of hydrogen-bond donors (Lipinski definition) is 2. The second-order valence-electron chi connectivity index (χ2n) is 6.03. The highest BCUT2D eigenvalue weighted by molar-refractivity contribution is 14.0. The molecular formula is C19H31ClIN3O3. The molecule has 1 heterocycles. The number of rotatable bonds is 11. The number of guanidine groups is 1. The molecule has 0 aliphatic carbocycles. The third-order valence-corrected chi connectivity index (χ3v) is 4.19. The summed E-state index contributed by atoms with van der Waals surface area (Å²) < 4.78 is 16.8. The Bertz CT molecular complexity index is 543. The highest BCUT2D eigenvalue weighted by Gasteiger charge is 2.14. The molecule has 1 aliphatic heterocycles. The minimum Gasteiger partial charge on any atom is -0.490 e. The zero-order chi connectivity index (χ0) is 18.5. The van der Waals surface area contributed by atoms with Crippen molar-refractivity contribution in [2.45, 2.75) is 32.3 Å². The van der Waals surface area contributed by atoms with Crippen molar-refractivity contribution in [3.63, 3.8) is 0 Å². The number of para-hydroxylation sites is 1. The Kier molecular flexibility index (Phi) is 13.7. The van der Waals surface area contributed by atoms with Gasteiger partial charge >= 0.3 is 0 Å². The van der Waals surface area contributed by atoms with Crippen molar-refractivity contribution in [1.82, 2.24) is 10.6 Å². The van der Waals surface area contributed by atoms with E-state index < -0.39 is 0 Å². The predicted molar refractivity (Wildman–Crippen MR) is 121 cm³/mol. The van der Waals surface area contributed by atoms with Crippen LogP contribution < -0.4 is 15.4 Å². The lowest BCUT2D eigenvalue weighted by Crippen LogP contribution is -2.39. The molecule has 0 spiro atoms. The lowest BCUT2D eigenvalue weighted by atomic mass is 10.2. The molecule has 0 saturated carbocycles. The fourth-order valence-electron chi connectivity index (χ4n) is 2.58. The van der Waals surface area contributed by atoms with Crippen molar-refractivity contribution in [1.29, 1.82) is 0 Å². The quantitative estimate of drug-likeness (QED) is 0.206. The average Bonchev–Trinajstić information content (AvgIpc) is 3.16. The van der Waals surface area contributed by atoms with Crippen LogP contribution in [0.3, 0.4) is 0 Å². The molecule has 27 heavy (non-hydrogen) atoms. The first-order valence-corrected chi connectivity index (χ1v) is 9.76. The third kappa shape index (κ3) is 10.4. The molecule has 0 bridgehead atoms. The molecule has 0 aromatic heterocycles. The summed E-state index contributed by atoms with van der Waals surface area (Å²) in [6.45, 7) is 7.00. The normalized spacial score (nSPS) is 16.7. The van der Waals surface area contributed by atoms with Gasteiger partial charge in [0.05, 0.1) is 24.3 Å². The maximum Gasteiger partial charge on any atom is 0.191 e. The van der Waals surface area contributed by atoms with Crippen LogP contribution in [0.1, 0.15) is 26.2 Å². The van der Waals surface area contributed by atoms with E-state index in [1.54, 1.807) is 0 Å². The van der Waals surface area contributed by atoms with Gasteiger partial charge in [-0.05, 0) is 38.3 Å². The molecule has 1 aromatic rings. The Hall–Kier alpha value is -0.770. The number of nitrogens with one attached hydrogen (secondary N) is 2. The zero-order valence-corrected chi connectivity index (χ0v) is 19.0. The molecule has 1 unspecified atom stereocenters. The minimum absolute atomic E-state index is 0. The van der Waals surface area contributed by atoms with Crippen LogP contribution in [0.25, 0.3) is 0 Å². The Balaban J connectivity index is 0.00000364. The molecule has 0 amide bonds. The Morgan fingerprint density at radius 1 is 1.30 bits per heavy atom. The first-order valence-electron chi connectivity index (χ1n) is 9.38. The molecular weight excluding hydrogens is 481 g/mol. The van der Waals surface area contributed by atoms with E-state index in [1.807, 2.05) is 31.2 Å².